The Hall–Kier alpha value is -1.95. The zero-order valence-electron chi connectivity index (χ0n) is 13.8. The van der Waals surface area contributed by atoms with E-state index in [9.17, 15) is 14.0 Å². The third kappa shape index (κ3) is 3.75. The van der Waals surface area contributed by atoms with Gasteiger partial charge in [-0.15, -0.1) is 0 Å². The van der Waals surface area contributed by atoms with Crippen LogP contribution in [0, 0.1) is 11.7 Å². The lowest BCUT2D eigenvalue weighted by molar-refractivity contribution is -0.134. The molecule has 0 aromatic heterocycles. The summed E-state index contributed by atoms with van der Waals surface area (Å²) < 4.78 is 18.2. The molecule has 1 aliphatic carbocycles. The van der Waals surface area contributed by atoms with Gasteiger partial charge in [-0.05, 0) is 42.9 Å². The third-order valence-electron chi connectivity index (χ3n) is 5.02. The molecule has 0 spiro atoms. The Morgan fingerprint density at radius 2 is 2.04 bits per heavy atom. The molecule has 24 heavy (non-hydrogen) atoms. The van der Waals surface area contributed by atoms with Crippen molar-refractivity contribution in [2.75, 3.05) is 13.7 Å². The smallest absolute Gasteiger partial charge is 0.245 e. The summed E-state index contributed by atoms with van der Waals surface area (Å²) in [6.45, 7) is 1.05. The van der Waals surface area contributed by atoms with E-state index in [1.165, 1.54) is 12.1 Å². The van der Waals surface area contributed by atoms with E-state index >= 15 is 0 Å². The van der Waals surface area contributed by atoms with Gasteiger partial charge in [0, 0.05) is 26.6 Å². The van der Waals surface area contributed by atoms with E-state index in [0.29, 0.717) is 25.9 Å². The monoisotopic (exact) mass is 334 g/mol. The Bertz CT molecular complexity index is 603. The summed E-state index contributed by atoms with van der Waals surface area (Å²) in [4.78, 5) is 26.3. The van der Waals surface area contributed by atoms with Gasteiger partial charge < -0.3 is 15.0 Å². The van der Waals surface area contributed by atoms with E-state index in [2.05, 4.69) is 5.32 Å². The number of methoxy groups -OCH3 is 1. The van der Waals surface area contributed by atoms with Crippen molar-refractivity contribution >= 4 is 11.8 Å². The highest BCUT2D eigenvalue weighted by Gasteiger charge is 2.36. The maximum absolute atomic E-state index is 12.9. The number of nitrogens with one attached hydrogen (secondary N) is 1. The molecule has 3 rings (SSSR count). The molecule has 1 heterocycles. The first-order valence-electron chi connectivity index (χ1n) is 8.42. The Morgan fingerprint density at radius 3 is 2.67 bits per heavy atom. The summed E-state index contributed by atoms with van der Waals surface area (Å²) in [5.41, 5.74) is 0.883. The molecule has 2 amide bonds. The predicted octanol–water partition coefficient (Wildman–Crippen LogP) is 1.86. The van der Waals surface area contributed by atoms with Crippen LogP contribution in [0.5, 0.6) is 0 Å². The fraction of sp³-hybridized carbons (Fsp3) is 0.556. The van der Waals surface area contributed by atoms with Crippen LogP contribution in [0.15, 0.2) is 24.3 Å². The maximum Gasteiger partial charge on any atom is 0.245 e. The summed E-state index contributed by atoms with van der Waals surface area (Å²) >= 11 is 0. The highest BCUT2D eigenvalue weighted by Crippen LogP contribution is 2.32. The highest BCUT2D eigenvalue weighted by atomic mass is 19.1. The van der Waals surface area contributed by atoms with Crippen LogP contribution in [0.4, 0.5) is 4.39 Å². The largest absolute Gasteiger partial charge is 0.381 e. The lowest BCUT2D eigenvalue weighted by atomic mass is 9.79. The molecule has 6 heteroatoms. The van der Waals surface area contributed by atoms with Crippen molar-refractivity contribution in [1.82, 2.24) is 10.2 Å². The average Bonchev–Trinajstić information content (AvgIpc) is 2.87. The van der Waals surface area contributed by atoms with Gasteiger partial charge in [-0.25, -0.2) is 4.39 Å². The number of amides is 2. The Kier molecular flexibility index (Phi) is 5.14. The standard InChI is InChI=1S/C18H23FN2O3/c1-24-16-7-4-13(16)10-17(22)20-15-8-9-21(18(15)23)11-12-2-5-14(19)6-3-12/h2-3,5-6,13,15-16H,4,7-11H2,1H3,(H,20,22). The minimum absolute atomic E-state index is 0.0652. The van der Waals surface area contributed by atoms with Crippen LogP contribution >= 0.6 is 0 Å². The Balaban J connectivity index is 1.48. The SMILES string of the molecule is COC1CCC1CC(=O)NC1CCN(Cc2ccc(F)cc2)C1=O. The predicted molar refractivity (Wildman–Crippen MR) is 86.5 cm³/mol. The summed E-state index contributed by atoms with van der Waals surface area (Å²) in [5.74, 6) is -0.169. The maximum atomic E-state index is 12.9. The molecule has 2 fully saturated rings. The lowest BCUT2D eigenvalue weighted by Gasteiger charge is -2.35. The second-order valence-corrected chi connectivity index (χ2v) is 6.61. The number of likely N-dealkylation sites (tertiary alicyclic amines) is 1. The van der Waals surface area contributed by atoms with Crippen molar-refractivity contribution in [3.8, 4) is 0 Å². The van der Waals surface area contributed by atoms with Crippen LogP contribution in [0.25, 0.3) is 0 Å². The summed E-state index contributed by atoms with van der Waals surface area (Å²) in [5, 5.41) is 2.85. The lowest BCUT2D eigenvalue weighted by Crippen LogP contribution is -2.44. The zero-order valence-corrected chi connectivity index (χ0v) is 13.8. The second kappa shape index (κ2) is 7.30. The number of nitrogens with zero attached hydrogens (tertiary/aromatic N) is 1. The van der Waals surface area contributed by atoms with Gasteiger partial charge in [0.15, 0.2) is 0 Å². The summed E-state index contributed by atoms with van der Waals surface area (Å²) in [6.07, 6.45) is 3.21. The number of halogens is 1. The van der Waals surface area contributed by atoms with Gasteiger partial charge in [0.25, 0.3) is 0 Å². The van der Waals surface area contributed by atoms with Gasteiger partial charge in [0.05, 0.1) is 6.10 Å². The van der Waals surface area contributed by atoms with Gasteiger partial charge in [0.2, 0.25) is 11.8 Å². The first-order chi connectivity index (χ1) is 11.6. The molecule has 5 nitrogen and oxygen atoms in total. The van der Waals surface area contributed by atoms with Crippen LogP contribution in [0.2, 0.25) is 0 Å². The molecule has 3 unspecified atom stereocenters. The molecule has 0 radical (unpaired) electrons. The number of carbonyl (C=O) groups excluding carboxylic acids is 2. The molecule has 1 saturated carbocycles. The number of rotatable bonds is 6. The van der Waals surface area contributed by atoms with Gasteiger partial charge in [-0.2, -0.15) is 0 Å². The normalized spacial score (nSPS) is 26.3. The highest BCUT2D eigenvalue weighted by molar-refractivity contribution is 5.89. The minimum atomic E-state index is -0.445. The molecular formula is C18H23FN2O3. The van der Waals surface area contributed by atoms with E-state index < -0.39 is 6.04 Å². The van der Waals surface area contributed by atoms with Crippen molar-refractivity contribution in [1.29, 1.82) is 0 Å². The van der Waals surface area contributed by atoms with Gasteiger partial charge >= 0.3 is 0 Å². The number of hydrogen-bond donors (Lipinski definition) is 1. The van der Waals surface area contributed by atoms with Crippen molar-refractivity contribution < 1.29 is 18.7 Å². The fourth-order valence-corrected chi connectivity index (χ4v) is 3.41. The van der Waals surface area contributed by atoms with E-state index in [-0.39, 0.29) is 29.7 Å². The number of hydrogen-bond acceptors (Lipinski definition) is 3. The molecule has 0 bridgehead atoms. The molecular weight excluding hydrogens is 311 g/mol. The molecule has 1 aromatic rings. The van der Waals surface area contributed by atoms with Gasteiger partial charge in [-0.1, -0.05) is 12.1 Å². The molecule has 130 valence electrons. The number of ether oxygens (including phenoxy) is 1. The number of carbonyl (C=O) groups is 2. The van der Waals surface area contributed by atoms with Crippen molar-refractivity contribution in [3.63, 3.8) is 0 Å². The topological polar surface area (TPSA) is 58.6 Å². The quantitative estimate of drug-likeness (QED) is 0.864. The molecule has 1 aliphatic heterocycles. The second-order valence-electron chi connectivity index (χ2n) is 6.61. The fourth-order valence-electron chi connectivity index (χ4n) is 3.41. The molecule has 3 atom stereocenters. The van der Waals surface area contributed by atoms with Crippen molar-refractivity contribution in [3.05, 3.63) is 35.6 Å². The molecule has 1 N–H and O–H groups in total. The first-order valence-corrected chi connectivity index (χ1v) is 8.42. The van der Waals surface area contributed by atoms with E-state index in [0.717, 1.165) is 18.4 Å². The third-order valence-corrected chi connectivity index (χ3v) is 5.02. The average molecular weight is 334 g/mol. The summed E-state index contributed by atoms with van der Waals surface area (Å²) in [7, 11) is 1.67. The summed E-state index contributed by atoms with van der Waals surface area (Å²) in [6, 6.07) is 5.69. The Labute approximate surface area is 141 Å². The van der Waals surface area contributed by atoms with E-state index in [1.807, 2.05) is 0 Å². The molecule has 1 saturated heterocycles. The van der Waals surface area contributed by atoms with Crippen LogP contribution < -0.4 is 5.32 Å². The van der Waals surface area contributed by atoms with E-state index in [1.54, 1.807) is 24.1 Å². The number of benzene rings is 1. The minimum Gasteiger partial charge on any atom is -0.381 e. The molecule has 1 aromatic carbocycles. The van der Waals surface area contributed by atoms with Crippen LogP contribution in [-0.4, -0.2) is 42.5 Å². The van der Waals surface area contributed by atoms with Gasteiger partial charge in [0.1, 0.15) is 11.9 Å². The Morgan fingerprint density at radius 1 is 1.29 bits per heavy atom. The van der Waals surface area contributed by atoms with Crippen molar-refractivity contribution in [2.24, 2.45) is 5.92 Å². The van der Waals surface area contributed by atoms with Crippen LogP contribution in [0.3, 0.4) is 0 Å². The molecule has 2 aliphatic rings. The van der Waals surface area contributed by atoms with E-state index in [4.69, 9.17) is 4.74 Å². The first kappa shape index (κ1) is 16.9. The van der Waals surface area contributed by atoms with Crippen LogP contribution in [0.1, 0.15) is 31.2 Å². The zero-order chi connectivity index (χ0) is 17.1. The van der Waals surface area contributed by atoms with Crippen LogP contribution in [-0.2, 0) is 20.9 Å². The van der Waals surface area contributed by atoms with Crippen molar-refractivity contribution in [2.45, 2.75) is 44.4 Å². The van der Waals surface area contributed by atoms with Gasteiger partial charge in [-0.3, -0.25) is 9.59 Å².